The van der Waals surface area contributed by atoms with Gasteiger partial charge in [0.2, 0.25) is 15.9 Å². The van der Waals surface area contributed by atoms with E-state index in [4.69, 9.17) is 10.5 Å². The number of aliphatic hydroxyl groups is 1. The third kappa shape index (κ3) is 9.53. The zero-order chi connectivity index (χ0) is 33.0. The van der Waals surface area contributed by atoms with Gasteiger partial charge in [-0.25, -0.2) is 13.2 Å². The number of methoxy groups -OCH3 is 1. The van der Waals surface area contributed by atoms with Crippen LogP contribution in [0.4, 0.5) is 10.5 Å². The van der Waals surface area contributed by atoms with E-state index in [1.807, 2.05) is 67.6 Å². The molecule has 11 heteroatoms. The Morgan fingerprint density at radius 3 is 1.91 bits per heavy atom. The maximum atomic E-state index is 13.9. The Bertz CT molecular complexity index is 1410. The summed E-state index contributed by atoms with van der Waals surface area (Å²) in [6, 6.07) is 22.7. The summed E-state index contributed by atoms with van der Waals surface area (Å²) in [6.45, 7) is 5.15. The zero-order valence-corrected chi connectivity index (χ0v) is 27.2. The lowest BCUT2D eigenvalue weighted by molar-refractivity contribution is -0.124. The van der Waals surface area contributed by atoms with Gasteiger partial charge < -0.3 is 26.2 Å². The highest BCUT2D eigenvalue weighted by atomic mass is 32.2. The van der Waals surface area contributed by atoms with E-state index in [1.54, 1.807) is 13.8 Å². The highest BCUT2D eigenvalue weighted by molar-refractivity contribution is 7.89. The third-order valence-electron chi connectivity index (χ3n) is 7.86. The number of ether oxygens (including phenoxy) is 1. The summed E-state index contributed by atoms with van der Waals surface area (Å²) in [6.07, 6.45) is 1.36. The molecule has 3 aromatic carbocycles. The molecule has 0 aromatic heterocycles. The summed E-state index contributed by atoms with van der Waals surface area (Å²) in [7, 11) is -2.64. The predicted molar refractivity (Wildman–Crippen MR) is 176 cm³/mol. The van der Waals surface area contributed by atoms with Crippen molar-refractivity contribution in [1.29, 1.82) is 0 Å². The van der Waals surface area contributed by atoms with Crippen molar-refractivity contribution >= 4 is 27.7 Å². The number of anilines is 1. The molecule has 3 atom stereocenters. The van der Waals surface area contributed by atoms with E-state index in [0.29, 0.717) is 31.4 Å². The lowest BCUT2D eigenvalue weighted by atomic mass is 9.84. The van der Waals surface area contributed by atoms with Crippen LogP contribution in [0.15, 0.2) is 89.8 Å². The molecule has 0 spiro atoms. The van der Waals surface area contributed by atoms with E-state index in [2.05, 4.69) is 10.6 Å². The van der Waals surface area contributed by atoms with Crippen LogP contribution in [0.1, 0.15) is 63.5 Å². The van der Waals surface area contributed by atoms with E-state index in [0.717, 1.165) is 11.1 Å². The number of nitrogen functional groups attached to an aromatic ring is 1. The van der Waals surface area contributed by atoms with Gasteiger partial charge in [0.15, 0.2) is 0 Å². The van der Waals surface area contributed by atoms with Gasteiger partial charge in [0.05, 0.1) is 18.6 Å². The Hall–Kier alpha value is -3.93. The van der Waals surface area contributed by atoms with Crippen molar-refractivity contribution in [1.82, 2.24) is 14.9 Å². The fourth-order valence-electron chi connectivity index (χ4n) is 5.61. The largest absolute Gasteiger partial charge is 0.453 e. The molecule has 3 aromatic rings. The summed E-state index contributed by atoms with van der Waals surface area (Å²) in [4.78, 5) is 26.5. The van der Waals surface area contributed by atoms with Crippen LogP contribution in [0.3, 0.4) is 0 Å². The van der Waals surface area contributed by atoms with Gasteiger partial charge in [-0.2, -0.15) is 4.31 Å². The minimum Gasteiger partial charge on any atom is -0.453 e. The maximum absolute atomic E-state index is 13.9. The Labute approximate surface area is 267 Å². The number of alkyl carbamates (subject to hydrolysis) is 1. The first-order valence-electron chi connectivity index (χ1n) is 15.3. The Morgan fingerprint density at radius 1 is 0.889 bits per heavy atom. The molecule has 244 valence electrons. The summed E-state index contributed by atoms with van der Waals surface area (Å²) < 4.78 is 33.3. The van der Waals surface area contributed by atoms with Gasteiger partial charge in [0.1, 0.15) is 6.04 Å². The molecule has 0 aliphatic heterocycles. The number of nitrogens with zero attached hydrogens (tertiary/aromatic N) is 1. The topological polar surface area (TPSA) is 151 Å². The van der Waals surface area contributed by atoms with Gasteiger partial charge in [0, 0.05) is 29.7 Å². The summed E-state index contributed by atoms with van der Waals surface area (Å²) >= 11 is 0. The number of sulfonamides is 1. The number of carbonyl (C=O) groups excluding carboxylic acids is 2. The number of rotatable bonds is 16. The molecule has 5 N–H and O–H groups in total. The second-order valence-electron chi connectivity index (χ2n) is 11.3. The molecule has 3 unspecified atom stereocenters. The predicted octanol–water partition coefficient (Wildman–Crippen LogP) is 4.65. The van der Waals surface area contributed by atoms with Crippen LogP contribution < -0.4 is 16.4 Å². The quantitative estimate of drug-likeness (QED) is 0.167. The Morgan fingerprint density at radius 2 is 1.44 bits per heavy atom. The first-order valence-corrected chi connectivity index (χ1v) is 16.7. The van der Waals surface area contributed by atoms with E-state index < -0.39 is 40.2 Å². The average molecular weight is 639 g/mol. The van der Waals surface area contributed by atoms with Gasteiger partial charge in [-0.1, -0.05) is 67.6 Å². The number of aliphatic hydroxyl groups excluding tert-OH is 1. The van der Waals surface area contributed by atoms with Crippen molar-refractivity contribution in [2.45, 2.75) is 81.4 Å². The van der Waals surface area contributed by atoms with E-state index >= 15 is 0 Å². The van der Waals surface area contributed by atoms with Crippen LogP contribution in [-0.4, -0.2) is 67.7 Å². The lowest BCUT2D eigenvalue weighted by Gasteiger charge is -2.33. The number of hydrogen-bond donors (Lipinski definition) is 4. The molecule has 0 aliphatic carbocycles. The minimum absolute atomic E-state index is 0.109. The first-order chi connectivity index (χ1) is 21.5. The van der Waals surface area contributed by atoms with Crippen LogP contribution in [0, 0.1) is 0 Å². The molecular weight excluding hydrogens is 592 g/mol. The monoisotopic (exact) mass is 638 g/mol. The van der Waals surface area contributed by atoms with E-state index in [1.165, 1.54) is 35.7 Å². The molecule has 0 saturated carbocycles. The fraction of sp³-hybridized carbons (Fsp3) is 0.412. The number of benzene rings is 3. The molecule has 0 fully saturated rings. The highest BCUT2D eigenvalue weighted by Crippen LogP contribution is 2.29. The van der Waals surface area contributed by atoms with Gasteiger partial charge in [-0.3, -0.25) is 4.79 Å². The molecule has 0 saturated heterocycles. The van der Waals surface area contributed by atoms with E-state index in [-0.39, 0.29) is 23.5 Å². The van der Waals surface area contributed by atoms with Crippen LogP contribution in [0.5, 0.6) is 0 Å². The number of carbonyl (C=O) groups is 2. The highest BCUT2D eigenvalue weighted by Gasteiger charge is 2.35. The molecule has 0 radical (unpaired) electrons. The fourth-order valence-corrected chi connectivity index (χ4v) is 7.45. The number of nitrogens with two attached hydrogens (primary N) is 1. The number of hydrogen-bond acceptors (Lipinski definition) is 7. The summed E-state index contributed by atoms with van der Waals surface area (Å²) in [5.41, 5.74) is 7.92. The standard InChI is InChI=1S/C34H46N4O6S/c1-5-28(17-12-18-29(23-39)38(24(2)3)45(42,43)30-21-19-27(35)20-22-30)36-33(40)32(37-34(41)44-4)31(25-13-8-6-9-14-25)26-15-10-7-11-16-26/h6-11,13-16,19-22,24,28-29,31-32,39H,5,12,17-18,23,35H2,1-4H3,(H,36,40)(H,37,41). The first kappa shape index (κ1) is 35.5. The molecular formula is C34H46N4O6S. The molecule has 2 amide bonds. The molecule has 3 rings (SSSR count). The Kier molecular flexibility index (Phi) is 13.4. The number of amides is 2. The van der Waals surface area contributed by atoms with Gasteiger partial charge >= 0.3 is 6.09 Å². The molecule has 0 aliphatic rings. The number of nitrogens with one attached hydrogen (secondary N) is 2. The smallest absolute Gasteiger partial charge is 0.407 e. The van der Waals surface area contributed by atoms with Crippen LogP contribution >= 0.6 is 0 Å². The lowest BCUT2D eigenvalue weighted by Crippen LogP contribution is -2.52. The minimum atomic E-state index is -3.90. The summed E-state index contributed by atoms with van der Waals surface area (Å²) in [5, 5.41) is 16.1. The van der Waals surface area contributed by atoms with Crippen molar-refractivity contribution in [2.75, 3.05) is 19.5 Å². The normalized spacial score (nSPS) is 13.8. The molecule has 0 bridgehead atoms. The van der Waals surface area contributed by atoms with Gasteiger partial charge in [-0.05, 0) is 74.9 Å². The second kappa shape index (κ2) is 17.0. The maximum Gasteiger partial charge on any atom is 0.407 e. The van der Waals surface area contributed by atoms with Gasteiger partial charge in [0.25, 0.3) is 0 Å². The van der Waals surface area contributed by atoms with Gasteiger partial charge in [-0.15, -0.1) is 0 Å². The van der Waals surface area contributed by atoms with Crippen LogP contribution in [0.2, 0.25) is 0 Å². The van der Waals surface area contributed by atoms with Crippen molar-refractivity contribution < 1.29 is 27.9 Å². The zero-order valence-electron chi connectivity index (χ0n) is 26.4. The van der Waals surface area contributed by atoms with Crippen molar-refractivity contribution in [3.63, 3.8) is 0 Å². The Balaban J connectivity index is 1.78. The van der Waals surface area contributed by atoms with Crippen LogP contribution in [-0.2, 0) is 19.6 Å². The molecule has 10 nitrogen and oxygen atoms in total. The van der Waals surface area contributed by atoms with Crippen molar-refractivity contribution in [2.24, 2.45) is 0 Å². The third-order valence-corrected chi connectivity index (χ3v) is 10.00. The molecule has 0 heterocycles. The second-order valence-corrected chi connectivity index (χ2v) is 13.1. The summed E-state index contributed by atoms with van der Waals surface area (Å²) in [5.74, 6) is -0.848. The van der Waals surface area contributed by atoms with Crippen molar-refractivity contribution in [3.8, 4) is 0 Å². The van der Waals surface area contributed by atoms with Crippen LogP contribution in [0.25, 0.3) is 0 Å². The van der Waals surface area contributed by atoms with E-state index in [9.17, 15) is 23.1 Å². The SMILES string of the molecule is CCC(CCCC(CO)N(C(C)C)S(=O)(=O)c1ccc(N)cc1)NC(=O)C(NC(=O)OC)C(c1ccccc1)c1ccccc1. The van der Waals surface area contributed by atoms with Crippen molar-refractivity contribution in [3.05, 3.63) is 96.1 Å². The molecule has 45 heavy (non-hydrogen) atoms. The average Bonchev–Trinajstić information content (AvgIpc) is 3.04.